The Hall–Kier alpha value is -2.61. The molecule has 1 atom stereocenters. The third-order valence-corrected chi connectivity index (χ3v) is 4.75. The fourth-order valence-corrected chi connectivity index (χ4v) is 3.18. The van der Waals surface area contributed by atoms with Crippen LogP contribution in [-0.2, 0) is 4.79 Å². The number of Topliss-reactive ketones (excluding diaryl/α,β-unsaturated/α-hetero) is 1. The molecule has 1 saturated carbocycles. The second-order valence-corrected chi connectivity index (χ2v) is 7.16. The summed E-state index contributed by atoms with van der Waals surface area (Å²) in [5.74, 6) is -0.800. The predicted octanol–water partition coefficient (Wildman–Crippen LogP) is 4.58. The summed E-state index contributed by atoms with van der Waals surface area (Å²) in [5, 5.41) is 3.13. The summed E-state index contributed by atoms with van der Waals surface area (Å²) >= 11 is 5.87. The zero-order valence-electron chi connectivity index (χ0n) is 15.3. The maximum atomic E-state index is 12.6. The fraction of sp³-hybridized carbons (Fsp3) is 0.350. The van der Waals surface area contributed by atoms with Gasteiger partial charge in [0.15, 0.2) is 12.4 Å². The first kappa shape index (κ1) is 21.1. The van der Waals surface area contributed by atoms with Crippen LogP contribution in [0.2, 0.25) is 5.02 Å². The van der Waals surface area contributed by atoms with Gasteiger partial charge in [-0.2, -0.15) is 13.2 Å². The molecule has 154 valence electrons. The van der Waals surface area contributed by atoms with Crippen molar-refractivity contribution in [1.82, 2.24) is 10.3 Å². The minimum Gasteiger partial charge on any atom is -0.468 e. The number of ketones is 1. The highest BCUT2D eigenvalue weighted by Crippen LogP contribution is 2.31. The summed E-state index contributed by atoms with van der Waals surface area (Å²) in [6.07, 6.45) is -0.768. The Morgan fingerprint density at radius 2 is 1.97 bits per heavy atom. The van der Waals surface area contributed by atoms with Gasteiger partial charge in [-0.3, -0.25) is 9.59 Å². The van der Waals surface area contributed by atoms with E-state index in [4.69, 9.17) is 16.3 Å². The Bertz CT molecular complexity index is 901. The molecule has 1 amide bonds. The largest absolute Gasteiger partial charge is 0.468 e. The van der Waals surface area contributed by atoms with Gasteiger partial charge in [-0.15, -0.1) is 0 Å². The van der Waals surface area contributed by atoms with E-state index in [9.17, 15) is 22.8 Å². The highest BCUT2D eigenvalue weighted by Gasteiger charge is 2.30. The van der Waals surface area contributed by atoms with Gasteiger partial charge in [0, 0.05) is 23.2 Å². The molecule has 3 rings (SSSR count). The van der Waals surface area contributed by atoms with Gasteiger partial charge in [0.1, 0.15) is 0 Å². The lowest BCUT2D eigenvalue weighted by atomic mass is 9.94. The third-order valence-electron chi connectivity index (χ3n) is 4.50. The van der Waals surface area contributed by atoms with E-state index in [0.29, 0.717) is 23.4 Å². The van der Waals surface area contributed by atoms with E-state index in [2.05, 4.69) is 10.3 Å². The lowest BCUT2D eigenvalue weighted by Crippen LogP contribution is -2.42. The standard InChI is InChI=1S/C20H18ClF3N2O3/c21-14-7-5-12(6-8-14)15-9-13(10-25-19(15)29-11-20(22,23)24)18(28)26-16-3-1-2-4-17(16)27/h5-10,16H,1-4,11H2,(H,26,28)/t16-/m0/s1. The molecule has 5 nitrogen and oxygen atoms in total. The third kappa shape index (κ3) is 5.69. The van der Waals surface area contributed by atoms with E-state index in [-0.39, 0.29) is 22.8 Å². The van der Waals surface area contributed by atoms with Crippen LogP contribution < -0.4 is 10.1 Å². The average molecular weight is 427 g/mol. The maximum Gasteiger partial charge on any atom is 0.422 e. The summed E-state index contributed by atoms with van der Waals surface area (Å²) < 4.78 is 42.5. The molecule has 2 aromatic rings. The molecule has 1 aliphatic rings. The molecule has 1 fully saturated rings. The molecular formula is C20H18ClF3N2O3. The molecule has 29 heavy (non-hydrogen) atoms. The Kier molecular flexibility index (Phi) is 6.42. The topological polar surface area (TPSA) is 68.3 Å². The Balaban J connectivity index is 1.88. The van der Waals surface area contributed by atoms with Crippen molar-refractivity contribution in [3.63, 3.8) is 0 Å². The minimum absolute atomic E-state index is 0.0272. The number of hydrogen-bond acceptors (Lipinski definition) is 4. The van der Waals surface area contributed by atoms with Crippen LogP contribution in [0.3, 0.4) is 0 Å². The van der Waals surface area contributed by atoms with Gasteiger partial charge in [0.25, 0.3) is 5.91 Å². The number of carbonyl (C=O) groups is 2. The maximum absolute atomic E-state index is 12.6. The quantitative estimate of drug-likeness (QED) is 0.759. The van der Waals surface area contributed by atoms with E-state index in [1.54, 1.807) is 24.3 Å². The number of pyridine rings is 1. The number of ether oxygens (including phenoxy) is 1. The van der Waals surface area contributed by atoms with Crippen LogP contribution in [0.25, 0.3) is 11.1 Å². The summed E-state index contributed by atoms with van der Waals surface area (Å²) in [6, 6.07) is 7.15. The van der Waals surface area contributed by atoms with Gasteiger partial charge in [-0.05, 0) is 36.6 Å². The number of hydrogen-bond donors (Lipinski definition) is 1. The van der Waals surface area contributed by atoms with Crippen LogP contribution in [-0.4, -0.2) is 35.5 Å². The van der Waals surface area contributed by atoms with Gasteiger partial charge in [-0.25, -0.2) is 4.98 Å². The first-order valence-electron chi connectivity index (χ1n) is 9.02. The summed E-state index contributed by atoms with van der Waals surface area (Å²) in [5.41, 5.74) is 0.823. The molecule has 0 unspecified atom stereocenters. The van der Waals surface area contributed by atoms with E-state index in [0.717, 1.165) is 19.0 Å². The van der Waals surface area contributed by atoms with Crippen LogP contribution in [0, 0.1) is 0 Å². The molecule has 1 N–H and O–H groups in total. The molecule has 1 heterocycles. The van der Waals surface area contributed by atoms with Crippen molar-refractivity contribution in [3.05, 3.63) is 47.1 Å². The fourth-order valence-electron chi connectivity index (χ4n) is 3.06. The molecule has 0 saturated heterocycles. The van der Waals surface area contributed by atoms with E-state index < -0.39 is 24.7 Å². The highest BCUT2D eigenvalue weighted by atomic mass is 35.5. The summed E-state index contributed by atoms with van der Waals surface area (Å²) in [7, 11) is 0. The smallest absolute Gasteiger partial charge is 0.422 e. The molecule has 0 bridgehead atoms. The van der Waals surface area contributed by atoms with Gasteiger partial charge in [0.2, 0.25) is 5.88 Å². The highest BCUT2D eigenvalue weighted by molar-refractivity contribution is 6.30. The molecule has 1 aliphatic carbocycles. The average Bonchev–Trinajstić information content (AvgIpc) is 2.68. The molecular weight excluding hydrogens is 409 g/mol. The van der Waals surface area contributed by atoms with Crippen molar-refractivity contribution in [2.75, 3.05) is 6.61 Å². The lowest BCUT2D eigenvalue weighted by Gasteiger charge is -2.21. The molecule has 0 spiro atoms. The number of nitrogens with zero attached hydrogens (tertiary/aromatic N) is 1. The zero-order chi connectivity index (χ0) is 21.0. The Morgan fingerprint density at radius 1 is 1.24 bits per heavy atom. The summed E-state index contributed by atoms with van der Waals surface area (Å²) in [4.78, 5) is 28.4. The number of carbonyl (C=O) groups excluding carboxylic acids is 2. The van der Waals surface area contributed by atoms with Crippen molar-refractivity contribution in [1.29, 1.82) is 0 Å². The number of benzene rings is 1. The number of alkyl halides is 3. The molecule has 1 aromatic carbocycles. The number of amides is 1. The summed E-state index contributed by atoms with van der Waals surface area (Å²) in [6.45, 7) is -1.51. The van der Waals surface area contributed by atoms with Gasteiger partial charge in [0.05, 0.1) is 11.6 Å². The monoisotopic (exact) mass is 426 g/mol. The lowest BCUT2D eigenvalue weighted by molar-refractivity contribution is -0.154. The minimum atomic E-state index is -4.53. The van der Waals surface area contributed by atoms with Crippen molar-refractivity contribution < 1.29 is 27.5 Å². The van der Waals surface area contributed by atoms with Crippen LogP contribution in [0.5, 0.6) is 5.88 Å². The van der Waals surface area contributed by atoms with Crippen LogP contribution in [0.4, 0.5) is 13.2 Å². The first-order chi connectivity index (χ1) is 13.7. The Morgan fingerprint density at radius 3 is 2.62 bits per heavy atom. The number of nitrogens with one attached hydrogen (secondary N) is 1. The van der Waals surface area contributed by atoms with Crippen molar-refractivity contribution in [2.24, 2.45) is 0 Å². The SMILES string of the molecule is O=C(N[C@H]1CCCCC1=O)c1cnc(OCC(F)(F)F)c(-c2ccc(Cl)cc2)c1. The number of aromatic nitrogens is 1. The predicted molar refractivity (Wildman–Crippen MR) is 101 cm³/mol. The van der Waals surface area contributed by atoms with Crippen LogP contribution in [0.1, 0.15) is 36.0 Å². The zero-order valence-corrected chi connectivity index (χ0v) is 16.0. The molecule has 0 radical (unpaired) electrons. The van der Waals surface area contributed by atoms with Gasteiger partial charge < -0.3 is 10.1 Å². The molecule has 1 aromatic heterocycles. The van der Waals surface area contributed by atoms with Crippen molar-refractivity contribution in [3.8, 4) is 17.0 Å². The van der Waals surface area contributed by atoms with Crippen LogP contribution >= 0.6 is 11.6 Å². The number of halogens is 4. The molecule has 9 heteroatoms. The normalized spacial score (nSPS) is 17.1. The second-order valence-electron chi connectivity index (χ2n) is 6.73. The van der Waals surface area contributed by atoms with Crippen molar-refractivity contribution >= 4 is 23.3 Å². The van der Waals surface area contributed by atoms with E-state index in [1.807, 2.05) is 0 Å². The molecule has 0 aliphatic heterocycles. The second kappa shape index (κ2) is 8.82. The van der Waals surface area contributed by atoms with Gasteiger partial charge >= 0.3 is 6.18 Å². The Labute approximate surface area is 170 Å². The van der Waals surface area contributed by atoms with Crippen LogP contribution in [0.15, 0.2) is 36.5 Å². The van der Waals surface area contributed by atoms with E-state index in [1.165, 1.54) is 6.07 Å². The van der Waals surface area contributed by atoms with Gasteiger partial charge in [-0.1, -0.05) is 30.2 Å². The van der Waals surface area contributed by atoms with E-state index >= 15 is 0 Å². The van der Waals surface area contributed by atoms with Crippen molar-refractivity contribution in [2.45, 2.75) is 37.9 Å². The first-order valence-corrected chi connectivity index (χ1v) is 9.40. The number of rotatable bonds is 5.